The number of carbonyl (C=O) groups excluding carboxylic acids is 1. The van der Waals surface area contributed by atoms with Gasteiger partial charge in [-0.2, -0.15) is 0 Å². The van der Waals surface area contributed by atoms with Gasteiger partial charge in [-0.3, -0.25) is 0 Å². The van der Waals surface area contributed by atoms with Crippen LogP contribution in [-0.2, 0) is 4.79 Å². The Morgan fingerprint density at radius 1 is 1.16 bits per heavy atom. The topological polar surface area (TPSA) is 35.5 Å². The van der Waals surface area contributed by atoms with Crippen LogP contribution in [0.15, 0.2) is 18.2 Å². The third-order valence-corrected chi connectivity index (χ3v) is 3.50. The molecule has 1 aliphatic rings. The van der Waals surface area contributed by atoms with Gasteiger partial charge < -0.3 is 9.47 Å². The summed E-state index contributed by atoms with van der Waals surface area (Å²) >= 11 is 0. The Bertz CT molecular complexity index is 463. The average molecular weight is 262 g/mol. The molecule has 0 fully saturated rings. The molecule has 1 aromatic rings. The highest BCUT2D eigenvalue weighted by Gasteiger charge is 2.22. The average Bonchev–Trinajstić information content (AvgIpc) is 2.34. The second kappa shape index (κ2) is 5.64. The Morgan fingerprint density at radius 3 is 2.53 bits per heavy atom. The molecule has 1 heterocycles. The smallest absolute Gasteiger partial charge is 0.349 e. The number of hydrogen-bond donors (Lipinski definition) is 0. The second-order valence-electron chi connectivity index (χ2n) is 5.95. The molecule has 2 rings (SSSR count). The molecule has 0 N–H and O–H groups in total. The number of ether oxygens (including phenoxy) is 2. The van der Waals surface area contributed by atoms with Gasteiger partial charge in [0.25, 0.3) is 0 Å². The summed E-state index contributed by atoms with van der Waals surface area (Å²) in [4.78, 5) is 11.3. The largest absolute Gasteiger partial charge is 0.478 e. The van der Waals surface area contributed by atoms with Crippen molar-refractivity contribution in [1.82, 2.24) is 0 Å². The fourth-order valence-electron chi connectivity index (χ4n) is 2.54. The highest BCUT2D eigenvalue weighted by atomic mass is 16.6. The Labute approximate surface area is 114 Å². The maximum Gasteiger partial charge on any atom is 0.349 e. The molecular formula is C16H22O3. The molecule has 0 aromatic heterocycles. The van der Waals surface area contributed by atoms with Gasteiger partial charge in [0.15, 0.2) is 18.1 Å². The quantitative estimate of drug-likeness (QED) is 0.612. The normalized spacial score (nSPS) is 16.0. The molecule has 0 saturated carbocycles. The van der Waals surface area contributed by atoms with Crippen LogP contribution < -0.4 is 9.47 Å². The zero-order valence-corrected chi connectivity index (χ0v) is 12.1. The lowest BCUT2D eigenvalue weighted by Crippen LogP contribution is -2.23. The Kier molecular flexibility index (Phi) is 4.13. The minimum atomic E-state index is -0.324. The standard InChI is InChI=1S/C16H22O3/c1-10(2)7-13(11(3)4)12-5-6-14-15(8-12)19-16(17)9-18-14/h5-6,8,10-11,13H,7,9H2,1-4H3. The summed E-state index contributed by atoms with van der Waals surface area (Å²) in [6, 6.07) is 5.96. The van der Waals surface area contributed by atoms with Crippen LogP contribution in [0.5, 0.6) is 11.5 Å². The van der Waals surface area contributed by atoms with Gasteiger partial charge >= 0.3 is 5.97 Å². The lowest BCUT2D eigenvalue weighted by atomic mass is 9.82. The molecule has 0 amide bonds. The summed E-state index contributed by atoms with van der Waals surface area (Å²) in [5.74, 6) is 2.57. The molecule has 0 saturated heterocycles. The highest BCUT2D eigenvalue weighted by Crippen LogP contribution is 2.37. The van der Waals surface area contributed by atoms with E-state index in [4.69, 9.17) is 9.47 Å². The third kappa shape index (κ3) is 3.28. The Hall–Kier alpha value is -1.51. The number of fused-ring (bicyclic) bond motifs is 1. The van der Waals surface area contributed by atoms with Crippen molar-refractivity contribution in [3.8, 4) is 11.5 Å². The van der Waals surface area contributed by atoms with E-state index in [0.717, 1.165) is 6.42 Å². The van der Waals surface area contributed by atoms with E-state index in [0.29, 0.717) is 29.3 Å². The Balaban J connectivity index is 2.28. The van der Waals surface area contributed by atoms with Crippen molar-refractivity contribution in [3.63, 3.8) is 0 Å². The van der Waals surface area contributed by atoms with Gasteiger partial charge in [0, 0.05) is 0 Å². The lowest BCUT2D eigenvalue weighted by Gasteiger charge is -2.25. The first kappa shape index (κ1) is 13.9. The van der Waals surface area contributed by atoms with E-state index >= 15 is 0 Å². The molecule has 0 bridgehead atoms. The van der Waals surface area contributed by atoms with E-state index in [1.807, 2.05) is 12.1 Å². The lowest BCUT2D eigenvalue weighted by molar-refractivity contribution is -0.138. The zero-order valence-electron chi connectivity index (χ0n) is 12.1. The molecular weight excluding hydrogens is 240 g/mol. The van der Waals surface area contributed by atoms with Crippen LogP contribution in [0.2, 0.25) is 0 Å². The first-order valence-corrected chi connectivity index (χ1v) is 6.94. The molecule has 1 aliphatic heterocycles. The van der Waals surface area contributed by atoms with Crippen molar-refractivity contribution in [2.75, 3.05) is 6.61 Å². The summed E-state index contributed by atoms with van der Waals surface area (Å²) < 4.78 is 10.6. The molecule has 1 aromatic carbocycles. The summed E-state index contributed by atoms with van der Waals surface area (Å²) in [6.07, 6.45) is 1.13. The first-order chi connectivity index (χ1) is 8.97. The van der Waals surface area contributed by atoms with Crippen LogP contribution in [-0.4, -0.2) is 12.6 Å². The fraction of sp³-hybridized carbons (Fsp3) is 0.562. The zero-order chi connectivity index (χ0) is 14.0. The van der Waals surface area contributed by atoms with Crippen LogP contribution in [0.1, 0.15) is 45.6 Å². The van der Waals surface area contributed by atoms with Crippen molar-refractivity contribution in [3.05, 3.63) is 23.8 Å². The van der Waals surface area contributed by atoms with E-state index in [-0.39, 0.29) is 12.6 Å². The molecule has 0 radical (unpaired) electrons. The first-order valence-electron chi connectivity index (χ1n) is 6.94. The third-order valence-electron chi connectivity index (χ3n) is 3.50. The SMILES string of the molecule is CC(C)CC(c1ccc2c(c1)OC(=O)CO2)C(C)C. The maximum absolute atomic E-state index is 11.3. The van der Waals surface area contributed by atoms with E-state index < -0.39 is 0 Å². The minimum Gasteiger partial charge on any atom is -0.478 e. The van der Waals surface area contributed by atoms with Gasteiger partial charge in [0.05, 0.1) is 0 Å². The van der Waals surface area contributed by atoms with Crippen LogP contribution in [0.25, 0.3) is 0 Å². The van der Waals surface area contributed by atoms with E-state index in [9.17, 15) is 4.79 Å². The number of carbonyl (C=O) groups is 1. The van der Waals surface area contributed by atoms with Crippen molar-refractivity contribution in [2.45, 2.75) is 40.0 Å². The Morgan fingerprint density at radius 2 is 1.89 bits per heavy atom. The summed E-state index contributed by atoms with van der Waals surface area (Å²) in [5.41, 5.74) is 1.22. The molecule has 1 unspecified atom stereocenters. The van der Waals surface area contributed by atoms with Crippen LogP contribution in [0.3, 0.4) is 0 Å². The number of rotatable bonds is 4. The molecule has 3 heteroatoms. The van der Waals surface area contributed by atoms with E-state index in [2.05, 4.69) is 33.8 Å². The van der Waals surface area contributed by atoms with Crippen molar-refractivity contribution < 1.29 is 14.3 Å². The number of esters is 1. The van der Waals surface area contributed by atoms with Gasteiger partial charge in [0.2, 0.25) is 0 Å². The van der Waals surface area contributed by atoms with Gasteiger partial charge in [-0.05, 0) is 41.9 Å². The van der Waals surface area contributed by atoms with Gasteiger partial charge in [-0.1, -0.05) is 33.8 Å². The van der Waals surface area contributed by atoms with Gasteiger partial charge in [-0.15, -0.1) is 0 Å². The summed E-state index contributed by atoms with van der Waals surface area (Å²) in [5, 5.41) is 0. The molecule has 104 valence electrons. The van der Waals surface area contributed by atoms with Crippen LogP contribution in [0.4, 0.5) is 0 Å². The van der Waals surface area contributed by atoms with Crippen molar-refractivity contribution in [1.29, 1.82) is 0 Å². The van der Waals surface area contributed by atoms with Crippen LogP contribution >= 0.6 is 0 Å². The predicted octanol–water partition coefficient (Wildman–Crippen LogP) is 3.77. The number of benzene rings is 1. The van der Waals surface area contributed by atoms with Crippen molar-refractivity contribution >= 4 is 5.97 Å². The second-order valence-corrected chi connectivity index (χ2v) is 5.95. The van der Waals surface area contributed by atoms with Gasteiger partial charge in [-0.25, -0.2) is 4.79 Å². The van der Waals surface area contributed by atoms with Crippen LogP contribution in [0, 0.1) is 11.8 Å². The predicted molar refractivity (Wildman–Crippen MR) is 74.6 cm³/mol. The molecule has 1 atom stereocenters. The highest BCUT2D eigenvalue weighted by molar-refractivity contribution is 5.76. The van der Waals surface area contributed by atoms with E-state index in [1.165, 1.54) is 5.56 Å². The molecule has 19 heavy (non-hydrogen) atoms. The molecule has 0 spiro atoms. The fourth-order valence-corrected chi connectivity index (χ4v) is 2.54. The van der Waals surface area contributed by atoms with Crippen molar-refractivity contribution in [2.24, 2.45) is 11.8 Å². The summed E-state index contributed by atoms with van der Waals surface area (Å²) in [6.45, 7) is 8.93. The monoisotopic (exact) mass is 262 g/mol. The number of hydrogen-bond acceptors (Lipinski definition) is 3. The maximum atomic E-state index is 11.3. The molecule has 3 nitrogen and oxygen atoms in total. The van der Waals surface area contributed by atoms with Gasteiger partial charge in [0.1, 0.15) is 0 Å². The summed E-state index contributed by atoms with van der Waals surface area (Å²) in [7, 11) is 0. The van der Waals surface area contributed by atoms with E-state index in [1.54, 1.807) is 0 Å². The molecule has 0 aliphatic carbocycles. The minimum absolute atomic E-state index is 0.00590.